The molecule has 0 atom stereocenters. The quantitative estimate of drug-likeness (QED) is 0.843. The Morgan fingerprint density at radius 1 is 1.10 bits per heavy atom. The van der Waals surface area contributed by atoms with Crippen molar-refractivity contribution in [2.24, 2.45) is 5.41 Å². The highest BCUT2D eigenvalue weighted by Gasteiger charge is 2.35. The summed E-state index contributed by atoms with van der Waals surface area (Å²) in [6.07, 6.45) is 1.03. The number of amides is 1. The largest absolute Gasteiger partial charge is 0.342 e. The molecule has 1 heterocycles. The zero-order valence-corrected chi connectivity index (χ0v) is 13.7. The third kappa shape index (κ3) is 3.46. The van der Waals surface area contributed by atoms with Gasteiger partial charge in [-0.1, -0.05) is 39.0 Å². The molecule has 0 aliphatic carbocycles. The average molecular weight is 309 g/mol. The van der Waals surface area contributed by atoms with E-state index in [1.165, 1.54) is 0 Å². The van der Waals surface area contributed by atoms with Gasteiger partial charge in [0.15, 0.2) is 9.84 Å². The number of nitrogens with zero attached hydrogens (tertiary/aromatic N) is 1. The molecule has 2 rings (SSSR count). The second-order valence-electron chi connectivity index (χ2n) is 6.60. The number of piperidine rings is 1. The van der Waals surface area contributed by atoms with Gasteiger partial charge < -0.3 is 4.90 Å². The molecule has 0 unspecified atom stereocenters. The van der Waals surface area contributed by atoms with Gasteiger partial charge in [0, 0.05) is 18.5 Å². The van der Waals surface area contributed by atoms with Crippen molar-refractivity contribution in [3.8, 4) is 0 Å². The first-order valence-corrected chi connectivity index (χ1v) is 8.86. The number of carbonyl (C=O) groups excluding carboxylic acids is 1. The Morgan fingerprint density at radius 2 is 1.62 bits per heavy atom. The average Bonchev–Trinajstić information content (AvgIpc) is 2.46. The van der Waals surface area contributed by atoms with E-state index in [0.29, 0.717) is 30.8 Å². The molecule has 0 bridgehead atoms. The summed E-state index contributed by atoms with van der Waals surface area (Å²) >= 11 is 0. The van der Waals surface area contributed by atoms with Crippen LogP contribution in [0.1, 0.15) is 33.6 Å². The van der Waals surface area contributed by atoms with Gasteiger partial charge in [0.1, 0.15) is 0 Å². The first-order chi connectivity index (χ1) is 9.73. The SMILES string of the molecule is CC(C)(C)C(=O)N1CCC(S(=O)(=O)c2ccccc2)CC1. The number of carbonyl (C=O) groups is 1. The van der Waals surface area contributed by atoms with Crippen molar-refractivity contribution < 1.29 is 13.2 Å². The van der Waals surface area contributed by atoms with E-state index >= 15 is 0 Å². The second-order valence-corrected chi connectivity index (χ2v) is 8.83. The first kappa shape index (κ1) is 16.0. The zero-order valence-electron chi connectivity index (χ0n) is 12.9. The van der Waals surface area contributed by atoms with Crippen LogP contribution in [0.25, 0.3) is 0 Å². The summed E-state index contributed by atoms with van der Waals surface area (Å²) in [5, 5.41) is -0.385. The highest BCUT2D eigenvalue weighted by Crippen LogP contribution is 2.27. The predicted molar refractivity (Wildman–Crippen MR) is 82.7 cm³/mol. The van der Waals surface area contributed by atoms with Gasteiger partial charge in [0.25, 0.3) is 0 Å². The van der Waals surface area contributed by atoms with Crippen LogP contribution in [0.15, 0.2) is 35.2 Å². The van der Waals surface area contributed by atoms with Crippen LogP contribution in [-0.2, 0) is 14.6 Å². The third-order valence-electron chi connectivity index (χ3n) is 3.88. The molecule has 1 amide bonds. The number of benzene rings is 1. The number of likely N-dealkylation sites (tertiary alicyclic amines) is 1. The summed E-state index contributed by atoms with van der Waals surface area (Å²) in [4.78, 5) is 14.4. The summed E-state index contributed by atoms with van der Waals surface area (Å²) in [6.45, 7) is 6.71. The number of sulfone groups is 1. The molecule has 1 aromatic rings. The van der Waals surface area contributed by atoms with Crippen LogP contribution < -0.4 is 0 Å². The fraction of sp³-hybridized carbons (Fsp3) is 0.562. The van der Waals surface area contributed by atoms with Gasteiger partial charge in [0.05, 0.1) is 10.1 Å². The standard InChI is InChI=1S/C16H23NO3S/c1-16(2,3)15(18)17-11-9-14(10-12-17)21(19,20)13-7-5-4-6-8-13/h4-8,14H,9-12H2,1-3H3. The molecule has 1 saturated heterocycles. The Bertz CT molecular complexity index is 594. The van der Waals surface area contributed by atoms with Gasteiger partial charge in [-0.15, -0.1) is 0 Å². The van der Waals surface area contributed by atoms with Gasteiger partial charge in [-0.25, -0.2) is 8.42 Å². The highest BCUT2D eigenvalue weighted by atomic mass is 32.2. The van der Waals surface area contributed by atoms with E-state index in [1.807, 2.05) is 26.8 Å². The molecule has 1 aliphatic rings. The van der Waals surface area contributed by atoms with Crippen LogP contribution in [0, 0.1) is 5.41 Å². The molecule has 0 spiro atoms. The van der Waals surface area contributed by atoms with E-state index in [4.69, 9.17) is 0 Å². The maximum atomic E-state index is 12.6. The van der Waals surface area contributed by atoms with Gasteiger partial charge >= 0.3 is 0 Å². The Hall–Kier alpha value is -1.36. The van der Waals surface area contributed by atoms with Gasteiger partial charge in [0.2, 0.25) is 5.91 Å². The molecule has 0 N–H and O–H groups in total. The molecule has 1 aromatic carbocycles. The van der Waals surface area contributed by atoms with Crippen LogP contribution >= 0.6 is 0 Å². The molecular formula is C16H23NO3S. The lowest BCUT2D eigenvalue weighted by molar-refractivity contribution is -0.140. The Labute approximate surface area is 127 Å². The van der Waals surface area contributed by atoms with Crippen LogP contribution in [0.5, 0.6) is 0 Å². The van der Waals surface area contributed by atoms with Crippen molar-refractivity contribution in [1.82, 2.24) is 4.90 Å². The number of hydrogen-bond donors (Lipinski definition) is 0. The van der Waals surface area contributed by atoms with Gasteiger partial charge in [-0.2, -0.15) is 0 Å². The topological polar surface area (TPSA) is 54.5 Å². The van der Waals surface area contributed by atoms with Crippen LogP contribution in [0.3, 0.4) is 0 Å². The fourth-order valence-electron chi connectivity index (χ4n) is 2.65. The molecule has 21 heavy (non-hydrogen) atoms. The summed E-state index contributed by atoms with van der Waals surface area (Å²) in [6, 6.07) is 8.57. The fourth-order valence-corrected chi connectivity index (χ4v) is 4.40. The lowest BCUT2D eigenvalue weighted by Crippen LogP contribution is -2.46. The molecule has 116 valence electrons. The number of rotatable bonds is 2. The van der Waals surface area contributed by atoms with E-state index in [-0.39, 0.29) is 11.2 Å². The van der Waals surface area contributed by atoms with Crippen LogP contribution in [0.4, 0.5) is 0 Å². The van der Waals surface area contributed by atoms with Crippen molar-refractivity contribution >= 4 is 15.7 Å². The minimum atomic E-state index is -3.28. The molecular weight excluding hydrogens is 286 g/mol. The van der Waals surface area contributed by atoms with Gasteiger partial charge in [-0.05, 0) is 25.0 Å². The van der Waals surface area contributed by atoms with Crippen LogP contribution in [-0.4, -0.2) is 37.6 Å². The first-order valence-electron chi connectivity index (χ1n) is 7.31. The molecule has 4 nitrogen and oxygen atoms in total. The summed E-state index contributed by atoms with van der Waals surface area (Å²) < 4.78 is 25.1. The van der Waals surface area contributed by atoms with Crippen molar-refractivity contribution in [2.75, 3.05) is 13.1 Å². The third-order valence-corrected chi connectivity index (χ3v) is 6.16. The summed E-state index contributed by atoms with van der Waals surface area (Å²) in [5.41, 5.74) is -0.412. The number of hydrogen-bond acceptors (Lipinski definition) is 3. The molecule has 0 radical (unpaired) electrons. The van der Waals surface area contributed by atoms with E-state index in [0.717, 1.165) is 0 Å². The highest BCUT2D eigenvalue weighted by molar-refractivity contribution is 7.92. The van der Waals surface area contributed by atoms with Crippen molar-refractivity contribution in [2.45, 2.75) is 43.8 Å². The lowest BCUT2D eigenvalue weighted by Gasteiger charge is -2.35. The smallest absolute Gasteiger partial charge is 0.227 e. The maximum absolute atomic E-state index is 12.6. The summed E-state index contributed by atoms with van der Waals surface area (Å²) in [7, 11) is -3.28. The van der Waals surface area contributed by atoms with E-state index in [9.17, 15) is 13.2 Å². The Balaban J connectivity index is 2.07. The van der Waals surface area contributed by atoms with E-state index in [2.05, 4.69) is 0 Å². The zero-order chi connectivity index (χ0) is 15.7. The monoisotopic (exact) mass is 309 g/mol. The molecule has 1 fully saturated rings. The molecule has 1 aliphatic heterocycles. The normalized spacial score (nSPS) is 17.8. The molecule has 5 heteroatoms. The Morgan fingerprint density at radius 3 is 2.10 bits per heavy atom. The molecule has 0 saturated carbocycles. The predicted octanol–water partition coefficient (Wildman–Crippen LogP) is 2.50. The van der Waals surface area contributed by atoms with E-state index < -0.39 is 15.3 Å². The van der Waals surface area contributed by atoms with E-state index in [1.54, 1.807) is 29.2 Å². The van der Waals surface area contributed by atoms with Crippen molar-refractivity contribution in [1.29, 1.82) is 0 Å². The molecule has 0 aromatic heterocycles. The van der Waals surface area contributed by atoms with Gasteiger partial charge in [-0.3, -0.25) is 4.79 Å². The lowest BCUT2D eigenvalue weighted by atomic mass is 9.93. The van der Waals surface area contributed by atoms with Crippen LogP contribution in [0.2, 0.25) is 0 Å². The second kappa shape index (κ2) is 5.79. The minimum Gasteiger partial charge on any atom is -0.342 e. The van der Waals surface area contributed by atoms with Crippen molar-refractivity contribution in [3.63, 3.8) is 0 Å². The minimum absolute atomic E-state index is 0.0954. The maximum Gasteiger partial charge on any atom is 0.227 e. The summed E-state index contributed by atoms with van der Waals surface area (Å²) in [5.74, 6) is 0.0954. The van der Waals surface area contributed by atoms with Crippen molar-refractivity contribution in [3.05, 3.63) is 30.3 Å². The Kier molecular flexibility index (Phi) is 4.42.